The summed E-state index contributed by atoms with van der Waals surface area (Å²) in [5, 5.41) is 6.63. The standard InChI is InChI=1S/C10H16N4O/c1-15-9-6-12-10(13-7-9)14-8-3-2-4-11-5-8/h6-8,11H,2-5H2,1H3,(H,12,13,14). The molecule has 2 rings (SSSR count). The molecule has 0 aromatic carbocycles. The van der Waals surface area contributed by atoms with E-state index in [-0.39, 0.29) is 0 Å². The molecule has 0 amide bonds. The first-order valence-corrected chi connectivity index (χ1v) is 5.22. The van der Waals surface area contributed by atoms with Gasteiger partial charge in [0.05, 0.1) is 19.5 Å². The molecule has 0 aliphatic carbocycles. The highest BCUT2D eigenvalue weighted by molar-refractivity contribution is 5.28. The quantitative estimate of drug-likeness (QED) is 0.763. The fourth-order valence-electron chi connectivity index (χ4n) is 1.65. The minimum Gasteiger partial charge on any atom is -0.494 e. The summed E-state index contributed by atoms with van der Waals surface area (Å²) in [7, 11) is 1.61. The van der Waals surface area contributed by atoms with Crippen LogP contribution < -0.4 is 15.4 Å². The van der Waals surface area contributed by atoms with Gasteiger partial charge in [-0.2, -0.15) is 0 Å². The topological polar surface area (TPSA) is 59.1 Å². The fraction of sp³-hybridized carbons (Fsp3) is 0.600. The number of aromatic nitrogens is 2. The highest BCUT2D eigenvalue weighted by atomic mass is 16.5. The van der Waals surface area contributed by atoms with Crippen LogP contribution in [0.4, 0.5) is 5.95 Å². The monoisotopic (exact) mass is 208 g/mol. The number of nitrogens with one attached hydrogen (secondary N) is 2. The Labute approximate surface area is 89.3 Å². The largest absolute Gasteiger partial charge is 0.494 e. The Morgan fingerprint density at radius 1 is 1.47 bits per heavy atom. The molecule has 0 radical (unpaired) electrons. The highest BCUT2D eigenvalue weighted by Crippen LogP contribution is 2.10. The third kappa shape index (κ3) is 2.79. The van der Waals surface area contributed by atoms with Crippen molar-refractivity contribution in [3.05, 3.63) is 12.4 Å². The average Bonchev–Trinajstić information content (AvgIpc) is 2.31. The number of anilines is 1. The van der Waals surface area contributed by atoms with Crippen molar-refractivity contribution in [2.45, 2.75) is 18.9 Å². The van der Waals surface area contributed by atoms with Crippen molar-refractivity contribution < 1.29 is 4.74 Å². The molecule has 0 spiro atoms. The van der Waals surface area contributed by atoms with E-state index in [1.54, 1.807) is 19.5 Å². The van der Waals surface area contributed by atoms with Gasteiger partial charge >= 0.3 is 0 Å². The Morgan fingerprint density at radius 2 is 2.27 bits per heavy atom. The maximum Gasteiger partial charge on any atom is 0.223 e. The van der Waals surface area contributed by atoms with Crippen LogP contribution in [0.25, 0.3) is 0 Å². The predicted octanol–water partition coefficient (Wildman–Crippen LogP) is 0.649. The van der Waals surface area contributed by atoms with Gasteiger partial charge in [-0.05, 0) is 19.4 Å². The van der Waals surface area contributed by atoms with Crippen LogP contribution in [0.2, 0.25) is 0 Å². The molecule has 0 saturated carbocycles. The first-order valence-electron chi connectivity index (χ1n) is 5.22. The van der Waals surface area contributed by atoms with Gasteiger partial charge in [-0.15, -0.1) is 0 Å². The first-order chi connectivity index (χ1) is 7.38. The molecule has 1 atom stereocenters. The van der Waals surface area contributed by atoms with E-state index in [0.29, 0.717) is 17.7 Å². The molecule has 2 N–H and O–H groups in total. The minimum absolute atomic E-state index is 0.437. The van der Waals surface area contributed by atoms with Crippen molar-refractivity contribution in [1.82, 2.24) is 15.3 Å². The molecular weight excluding hydrogens is 192 g/mol. The van der Waals surface area contributed by atoms with E-state index in [4.69, 9.17) is 4.74 Å². The number of hydrogen-bond acceptors (Lipinski definition) is 5. The summed E-state index contributed by atoms with van der Waals surface area (Å²) in [5.41, 5.74) is 0. The molecule has 1 unspecified atom stereocenters. The van der Waals surface area contributed by atoms with Crippen LogP contribution in [0.3, 0.4) is 0 Å². The second-order valence-corrected chi connectivity index (χ2v) is 3.63. The Bertz CT molecular complexity index is 295. The van der Waals surface area contributed by atoms with Gasteiger partial charge in [-0.3, -0.25) is 0 Å². The third-order valence-corrected chi connectivity index (χ3v) is 2.49. The van der Waals surface area contributed by atoms with Crippen molar-refractivity contribution in [2.75, 3.05) is 25.5 Å². The van der Waals surface area contributed by atoms with Gasteiger partial charge in [0.1, 0.15) is 0 Å². The van der Waals surface area contributed by atoms with Gasteiger partial charge in [-0.25, -0.2) is 9.97 Å². The lowest BCUT2D eigenvalue weighted by atomic mass is 10.1. The number of nitrogens with zero attached hydrogens (tertiary/aromatic N) is 2. The summed E-state index contributed by atoms with van der Waals surface area (Å²) in [5.74, 6) is 1.35. The van der Waals surface area contributed by atoms with Gasteiger partial charge in [0.25, 0.3) is 0 Å². The zero-order chi connectivity index (χ0) is 10.5. The first kappa shape index (κ1) is 10.2. The number of piperidine rings is 1. The SMILES string of the molecule is COc1cnc(NC2CCCNC2)nc1. The molecule has 2 heterocycles. The predicted molar refractivity (Wildman–Crippen MR) is 58.1 cm³/mol. The number of methoxy groups -OCH3 is 1. The van der Waals surface area contributed by atoms with Crippen LogP contribution in [0.1, 0.15) is 12.8 Å². The van der Waals surface area contributed by atoms with Gasteiger partial charge in [0.2, 0.25) is 5.95 Å². The van der Waals surface area contributed by atoms with Crippen molar-refractivity contribution in [2.24, 2.45) is 0 Å². The molecule has 82 valence electrons. The molecular formula is C10H16N4O. The number of ether oxygens (including phenoxy) is 1. The van der Waals surface area contributed by atoms with Crippen molar-refractivity contribution in [1.29, 1.82) is 0 Å². The van der Waals surface area contributed by atoms with Gasteiger partial charge < -0.3 is 15.4 Å². The van der Waals surface area contributed by atoms with Crippen LogP contribution in [-0.2, 0) is 0 Å². The molecule has 1 aromatic rings. The summed E-state index contributed by atoms with van der Waals surface area (Å²) < 4.78 is 4.99. The third-order valence-electron chi connectivity index (χ3n) is 2.49. The van der Waals surface area contributed by atoms with Crippen molar-refractivity contribution >= 4 is 5.95 Å². The molecule has 15 heavy (non-hydrogen) atoms. The Morgan fingerprint density at radius 3 is 2.87 bits per heavy atom. The Kier molecular flexibility index (Phi) is 3.34. The number of hydrogen-bond donors (Lipinski definition) is 2. The average molecular weight is 208 g/mol. The lowest BCUT2D eigenvalue weighted by molar-refractivity contribution is 0.410. The summed E-state index contributed by atoms with van der Waals surface area (Å²) in [6, 6.07) is 0.437. The van der Waals surface area contributed by atoms with Gasteiger partial charge in [-0.1, -0.05) is 0 Å². The second-order valence-electron chi connectivity index (χ2n) is 3.63. The van der Waals surface area contributed by atoms with Crippen molar-refractivity contribution in [3.63, 3.8) is 0 Å². The molecule has 5 heteroatoms. The maximum atomic E-state index is 4.99. The van der Waals surface area contributed by atoms with E-state index in [1.165, 1.54) is 12.8 Å². The van der Waals surface area contributed by atoms with Crippen LogP contribution in [0.15, 0.2) is 12.4 Å². The molecule has 5 nitrogen and oxygen atoms in total. The molecule has 1 saturated heterocycles. The Hall–Kier alpha value is -1.36. The summed E-state index contributed by atoms with van der Waals surface area (Å²) in [4.78, 5) is 8.34. The van der Waals surface area contributed by atoms with E-state index in [0.717, 1.165) is 13.1 Å². The number of rotatable bonds is 3. The summed E-state index contributed by atoms with van der Waals surface area (Å²) in [6.07, 6.45) is 5.72. The fourth-order valence-corrected chi connectivity index (χ4v) is 1.65. The van der Waals surface area contributed by atoms with Gasteiger partial charge in [0.15, 0.2) is 5.75 Å². The maximum absolute atomic E-state index is 4.99. The van der Waals surface area contributed by atoms with E-state index in [1.807, 2.05) is 0 Å². The molecule has 1 fully saturated rings. The van der Waals surface area contributed by atoms with Crippen LogP contribution >= 0.6 is 0 Å². The van der Waals surface area contributed by atoms with Gasteiger partial charge in [0, 0.05) is 12.6 Å². The molecule has 1 aliphatic rings. The zero-order valence-electron chi connectivity index (χ0n) is 8.86. The van der Waals surface area contributed by atoms with Crippen LogP contribution in [0, 0.1) is 0 Å². The van der Waals surface area contributed by atoms with E-state index >= 15 is 0 Å². The highest BCUT2D eigenvalue weighted by Gasteiger charge is 2.13. The Balaban J connectivity index is 1.91. The summed E-state index contributed by atoms with van der Waals surface area (Å²) in [6.45, 7) is 2.09. The summed E-state index contributed by atoms with van der Waals surface area (Å²) >= 11 is 0. The van der Waals surface area contributed by atoms with Crippen LogP contribution in [0.5, 0.6) is 5.75 Å². The zero-order valence-corrected chi connectivity index (χ0v) is 8.86. The minimum atomic E-state index is 0.437. The second kappa shape index (κ2) is 4.93. The van der Waals surface area contributed by atoms with E-state index in [2.05, 4.69) is 20.6 Å². The lowest BCUT2D eigenvalue weighted by Gasteiger charge is -2.23. The normalized spacial score (nSPS) is 21.0. The molecule has 0 bridgehead atoms. The van der Waals surface area contributed by atoms with E-state index < -0.39 is 0 Å². The smallest absolute Gasteiger partial charge is 0.223 e. The lowest BCUT2D eigenvalue weighted by Crippen LogP contribution is -2.38. The molecule has 1 aliphatic heterocycles. The van der Waals surface area contributed by atoms with Crippen LogP contribution in [-0.4, -0.2) is 36.2 Å². The van der Waals surface area contributed by atoms with E-state index in [9.17, 15) is 0 Å². The molecule has 1 aromatic heterocycles. The van der Waals surface area contributed by atoms with Crippen molar-refractivity contribution in [3.8, 4) is 5.75 Å².